The number of carbonyl (C=O) groups is 2. The molecule has 2 rings (SSSR count). The van der Waals surface area contributed by atoms with Gasteiger partial charge in [0.05, 0.1) is 30.9 Å². The summed E-state index contributed by atoms with van der Waals surface area (Å²) in [4.78, 5) is 23.3. The van der Waals surface area contributed by atoms with Crippen molar-refractivity contribution < 1.29 is 32.2 Å². The second-order valence-electron chi connectivity index (χ2n) is 5.53. The van der Waals surface area contributed by atoms with E-state index in [4.69, 9.17) is 14.2 Å². The van der Waals surface area contributed by atoms with Gasteiger partial charge in [-0.25, -0.2) is 13.2 Å². The molecular formula is C17H22N2O7S. The van der Waals surface area contributed by atoms with Gasteiger partial charge < -0.3 is 19.5 Å². The lowest BCUT2D eigenvalue weighted by Gasteiger charge is -2.26. The van der Waals surface area contributed by atoms with Gasteiger partial charge in [-0.3, -0.25) is 4.79 Å². The fourth-order valence-electron chi connectivity index (χ4n) is 2.39. The first kappa shape index (κ1) is 20.9. The van der Waals surface area contributed by atoms with Crippen molar-refractivity contribution in [1.29, 1.82) is 0 Å². The summed E-state index contributed by atoms with van der Waals surface area (Å²) in [6, 6.07) is 4.18. The number of rotatable bonds is 7. The molecule has 1 fully saturated rings. The molecule has 1 saturated heterocycles. The normalized spacial score (nSPS) is 15.5. The molecule has 0 saturated carbocycles. The number of morpholine rings is 1. The SMILES string of the molecule is C/C=C/C(=O)OCC(=O)Nc1cc(S(=O)(=O)N2CCOCC2)ccc1OC. The predicted octanol–water partition coefficient (Wildman–Crippen LogP) is 0.774. The lowest BCUT2D eigenvalue weighted by atomic mass is 10.3. The molecule has 0 aliphatic carbocycles. The summed E-state index contributed by atoms with van der Waals surface area (Å²) in [6.45, 7) is 2.32. The van der Waals surface area contributed by atoms with Crippen LogP contribution in [0.1, 0.15) is 6.92 Å². The molecule has 0 unspecified atom stereocenters. The highest BCUT2D eigenvalue weighted by atomic mass is 32.2. The quantitative estimate of drug-likeness (QED) is 0.533. The van der Waals surface area contributed by atoms with Gasteiger partial charge in [-0.15, -0.1) is 0 Å². The number of ether oxygens (including phenoxy) is 3. The number of hydrogen-bond donors (Lipinski definition) is 1. The molecule has 0 radical (unpaired) electrons. The Morgan fingerprint density at radius 2 is 2.00 bits per heavy atom. The van der Waals surface area contributed by atoms with Crippen molar-refractivity contribution in [2.24, 2.45) is 0 Å². The number of methoxy groups -OCH3 is 1. The molecule has 1 aliphatic rings. The number of amides is 1. The number of sulfonamides is 1. The van der Waals surface area contributed by atoms with Gasteiger partial charge in [-0.2, -0.15) is 4.31 Å². The molecule has 9 nitrogen and oxygen atoms in total. The maximum atomic E-state index is 12.8. The summed E-state index contributed by atoms with van der Waals surface area (Å²) in [6.07, 6.45) is 2.67. The number of anilines is 1. The number of allylic oxidation sites excluding steroid dienone is 1. The zero-order chi connectivity index (χ0) is 19.9. The minimum Gasteiger partial charge on any atom is -0.495 e. The van der Waals surface area contributed by atoms with Crippen LogP contribution in [0.3, 0.4) is 0 Å². The van der Waals surface area contributed by atoms with Crippen molar-refractivity contribution in [1.82, 2.24) is 4.31 Å². The number of esters is 1. The molecule has 0 atom stereocenters. The van der Waals surface area contributed by atoms with Crippen LogP contribution >= 0.6 is 0 Å². The van der Waals surface area contributed by atoms with E-state index in [1.807, 2.05) is 0 Å². The average Bonchev–Trinajstić information content (AvgIpc) is 2.67. The smallest absolute Gasteiger partial charge is 0.330 e. The number of carbonyl (C=O) groups excluding carboxylic acids is 2. The largest absolute Gasteiger partial charge is 0.495 e. The van der Waals surface area contributed by atoms with Crippen LogP contribution in [0.2, 0.25) is 0 Å². The summed E-state index contributed by atoms with van der Waals surface area (Å²) < 4.78 is 41.9. The molecule has 148 valence electrons. The van der Waals surface area contributed by atoms with Gasteiger partial charge in [0.1, 0.15) is 5.75 Å². The van der Waals surface area contributed by atoms with Gasteiger partial charge >= 0.3 is 5.97 Å². The van der Waals surface area contributed by atoms with E-state index in [0.717, 1.165) is 0 Å². The summed E-state index contributed by atoms with van der Waals surface area (Å²) in [7, 11) is -2.33. The zero-order valence-corrected chi connectivity index (χ0v) is 16.0. The summed E-state index contributed by atoms with van der Waals surface area (Å²) >= 11 is 0. The van der Waals surface area contributed by atoms with Crippen molar-refractivity contribution in [2.45, 2.75) is 11.8 Å². The van der Waals surface area contributed by atoms with E-state index in [0.29, 0.717) is 13.2 Å². The van der Waals surface area contributed by atoms with E-state index >= 15 is 0 Å². The molecule has 0 bridgehead atoms. The van der Waals surface area contributed by atoms with Crippen LogP contribution in [0.5, 0.6) is 5.75 Å². The first-order valence-corrected chi connectivity index (χ1v) is 9.67. The van der Waals surface area contributed by atoms with E-state index in [1.54, 1.807) is 6.92 Å². The first-order valence-electron chi connectivity index (χ1n) is 8.23. The fourth-order valence-corrected chi connectivity index (χ4v) is 3.82. The van der Waals surface area contributed by atoms with Crippen molar-refractivity contribution in [2.75, 3.05) is 45.3 Å². The Morgan fingerprint density at radius 3 is 2.63 bits per heavy atom. The molecule has 1 aromatic rings. The van der Waals surface area contributed by atoms with Crippen LogP contribution in [0, 0.1) is 0 Å². The molecule has 1 heterocycles. The number of nitrogens with one attached hydrogen (secondary N) is 1. The van der Waals surface area contributed by atoms with E-state index in [-0.39, 0.29) is 29.4 Å². The van der Waals surface area contributed by atoms with Crippen molar-refractivity contribution in [3.05, 3.63) is 30.4 Å². The van der Waals surface area contributed by atoms with E-state index < -0.39 is 28.5 Å². The van der Waals surface area contributed by atoms with Gasteiger partial charge in [0.15, 0.2) is 6.61 Å². The molecule has 0 aromatic heterocycles. The Labute approximate surface area is 157 Å². The molecule has 1 aliphatic heterocycles. The Morgan fingerprint density at radius 1 is 1.30 bits per heavy atom. The Kier molecular flexibility index (Phi) is 7.34. The standard InChI is InChI=1S/C17H22N2O7S/c1-3-4-17(21)26-12-16(20)18-14-11-13(5-6-15(14)24-2)27(22,23)19-7-9-25-10-8-19/h3-6,11H,7-10,12H2,1-2H3,(H,18,20)/b4-3+. The predicted molar refractivity (Wildman–Crippen MR) is 97.0 cm³/mol. The molecule has 0 spiro atoms. The van der Waals surface area contributed by atoms with Gasteiger partial charge in [-0.1, -0.05) is 6.08 Å². The van der Waals surface area contributed by atoms with Crippen molar-refractivity contribution >= 4 is 27.6 Å². The maximum Gasteiger partial charge on any atom is 0.330 e. The van der Waals surface area contributed by atoms with Gasteiger partial charge in [0.25, 0.3) is 5.91 Å². The van der Waals surface area contributed by atoms with E-state index in [9.17, 15) is 18.0 Å². The average molecular weight is 398 g/mol. The monoisotopic (exact) mass is 398 g/mol. The summed E-state index contributed by atoms with van der Waals surface area (Å²) in [5.74, 6) is -0.987. The maximum absolute atomic E-state index is 12.8. The molecule has 10 heteroatoms. The number of nitrogens with zero attached hydrogens (tertiary/aromatic N) is 1. The van der Waals surface area contributed by atoms with Crippen LogP contribution in [0.4, 0.5) is 5.69 Å². The molecule has 1 N–H and O–H groups in total. The molecular weight excluding hydrogens is 376 g/mol. The lowest BCUT2D eigenvalue weighted by Crippen LogP contribution is -2.40. The third kappa shape index (κ3) is 5.52. The minimum atomic E-state index is -3.73. The lowest BCUT2D eigenvalue weighted by molar-refractivity contribution is -0.142. The van der Waals surface area contributed by atoms with Gasteiger partial charge in [-0.05, 0) is 25.1 Å². The van der Waals surface area contributed by atoms with Crippen LogP contribution in [0.15, 0.2) is 35.2 Å². The Balaban J connectivity index is 2.17. The fraction of sp³-hybridized carbons (Fsp3) is 0.412. The molecule has 1 amide bonds. The third-order valence-electron chi connectivity index (χ3n) is 3.70. The van der Waals surface area contributed by atoms with Gasteiger partial charge in [0.2, 0.25) is 10.0 Å². The highest BCUT2D eigenvalue weighted by Crippen LogP contribution is 2.29. The van der Waals surface area contributed by atoms with Crippen LogP contribution < -0.4 is 10.1 Å². The number of hydrogen-bond acceptors (Lipinski definition) is 7. The summed E-state index contributed by atoms with van der Waals surface area (Å²) in [5.41, 5.74) is 0.166. The Bertz CT molecular complexity index is 815. The van der Waals surface area contributed by atoms with E-state index in [1.165, 1.54) is 41.8 Å². The highest BCUT2D eigenvalue weighted by molar-refractivity contribution is 7.89. The summed E-state index contributed by atoms with van der Waals surface area (Å²) in [5, 5.41) is 2.50. The Hall–Kier alpha value is -2.43. The first-order chi connectivity index (χ1) is 12.9. The second-order valence-corrected chi connectivity index (χ2v) is 7.47. The molecule has 27 heavy (non-hydrogen) atoms. The van der Waals surface area contributed by atoms with Crippen molar-refractivity contribution in [3.8, 4) is 5.75 Å². The zero-order valence-electron chi connectivity index (χ0n) is 15.1. The topological polar surface area (TPSA) is 111 Å². The van der Waals surface area contributed by atoms with Crippen LogP contribution in [-0.2, 0) is 29.1 Å². The number of benzene rings is 1. The van der Waals surface area contributed by atoms with Crippen LogP contribution in [0.25, 0.3) is 0 Å². The second kappa shape index (κ2) is 9.49. The highest BCUT2D eigenvalue weighted by Gasteiger charge is 2.27. The van der Waals surface area contributed by atoms with E-state index in [2.05, 4.69) is 5.32 Å². The third-order valence-corrected chi connectivity index (χ3v) is 5.60. The van der Waals surface area contributed by atoms with Gasteiger partial charge in [0, 0.05) is 19.2 Å². The van der Waals surface area contributed by atoms with Crippen molar-refractivity contribution in [3.63, 3.8) is 0 Å². The molecule has 1 aromatic carbocycles. The van der Waals surface area contributed by atoms with Crippen LogP contribution in [-0.4, -0.2) is 64.6 Å². The minimum absolute atomic E-state index is 0.0198.